The molecule has 0 radical (unpaired) electrons. The first-order chi connectivity index (χ1) is 30.9. The number of nitrogens with zero attached hydrogens (tertiary/aromatic N) is 2. The highest BCUT2D eigenvalue weighted by atomic mass is 19.2. The number of aromatic nitrogens is 2. The van der Waals surface area contributed by atoms with Gasteiger partial charge in [-0.1, -0.05) is 48.5 Å². The summed E-state index contributed by atoms with van der Waals surface area (Å²) in [5.41, 5.74) is -8.22. The molecule has 0 saturated carbocycles. The fraction of sp³-hybridized carbons (Fsp3) is 0.0698. The van der Waals surface area contributed by atoms with Gasteiger partial charge in [0.1, 0.15) is 58.4 Å². The predicted octanol–water partition coefficient (Wildman–Crippen LogP) is 9.55. The second kappa shape index (κ2) is 18.2. The molecule has 23 heteroatoms. The third kappa shape index (κ3) is 7.66. The van der Waals surface area contributed by atoms with Gasteiger partial charge in [-0.15, -0.1) is 21.9 Å². The largest absolute Gasteiger partial charge is 0.244 e. The Balaban J connectivity index is 0.000000284. The van der Waals surface area contributed by atoms with E-state index in [0.29, 0.717) is 0 Å². The molecule has 7 aromatic rings. The molecule has 6 aromatic carbocycles. The van der Waals surface area contributed by atoms with Crippen molar-refractivity contribution in [3.05, 3.63) is 200 Å². The molecule has 0 unspecified atom stereocenters. The number of aryl methyl sites for hydroxylation is 1. The van der Waals surface area contributed by atoms with Gasteiger partial charge >= 0.3 is 0 Å². The smallest absolute Gasteiger partial charge is 0.200 e. The van der Waals surface area contributed by atoms with Gasteiger partial charge in [0.2, 0.25) is 0 Å². The molecule has 2 nitrogen and oxygen atoms in total. The van der Waals surface area contributed by atoms with Gasteiger partial charge in [0.25, 0.3) is 0 Å². The van der Waals surface area contributed by atoms with Crippen molar-refractivity contribution in [1.82, 2.24) is 4.98 Å². The van der Waals surface area contributed by atoms with Gasteiger partial charge in [0.15, 0.2) is 88.7 Å². The molecule has 0 fully saturated rings. The van der Waals surface area contributed by atoms with E-state index in [1.807, 2.05) is 18.5 Å². The Morgan fingerprint density at radius 1 is 0.394 bits per heavy atom. The molecule has 0 aliphatic heterocycles. The number of hydrogen-bond acceptors (Lipinski definition) is 1. The molecule has 344 valence electrons. The maximum Gasteiger partial charge on any atom is 0.200 e. The van der Waals surface area contributed by atoms with Gasteiger partial charge in [0.05, 0.1) is 6.20 Å². The average Bonchev–Trinajstić information content (AvgIpc) is 3.30. The van der Waals surface area contributed by atoms with E-state index in [-0.39, 0.29) is 0 Å². The molecular weight excluding hydrogens is 935 g/mol. The summed E-state index contributed by atoms with van der Waals surface area (Å²) in [4.78, 5) is 4.53. The van der Waals surface area contributed by atoms with Crippen molar-refractivity contribution in [2.24, 2.45) is 0 Å². The first kappa shape index (κ1) is 48.5. The van der Waals surface area contributed by atoms with E-state index in [1.54, 1.807) is 0 Å². The van der Waals surface area contributed by atoms with E-state index in [9.17, 15) is 52.7 Å². The standard InChI is InChI=1S/C24BF20.C19H19N2/c26-5-1(6(27)14(35)21(42)13(5)34)25(2-7(28)15(36)22(43)16(37)8(2)29,3-9(30)17(38)23(44)18(39)10(3)31)4-11(32)19(40)24(45)20(41)12(4)33;1-15-7-6-10-18(16(15)2)19-14-21(12-11-20-19)13-17-8-4-3-5-9-17/h;3-12,14H,13H2,1-2H3/q-1;+1. The Kier molecular flexibility index (Phi) is 13.3. The molecule has 0 amide bonds. The van der Waals surface area contributed by atoms with Crippen LogP contribution in [0, 0.1) is 130 Å². The lowest BCUT2D eigenvalue weighted by atomic mass is 9.12. The van der Waals surface area contributed by atoms with Crippen LogP contribution < -0.4 is 26.4 Å². The van der Waals surface area contributed by atoms with E-state index in [1.165, 1.54) is 22.3 Å². The number of halogens is 20. The van der Waals surface area contributed by atoms with Crippen molar-refractivity contribution in [1.29, 1.82) is 0 Å². The summed E-state index contributed by atoms with van der Waals surface area (Å²) in [6.07, 6.45) is -1.21. The van der Waals surface area contributed by atoms with Crippen LogP contribution in [0.25, 0.3) is 11.3 Å². The highest BCUT2D eigenvalue weighted by Crippen LogP contribution is 2.31. The molecule has 1 heterocycles. The van der Waals surface area contributed by atoms with Crippen molar-refractivity contribution in [3.63, 3.8) is 0 Å². The molecule has 1 aromatic heterocycles. The van der Waals surface area contributed by atoms with Crippen molar-refractivity contribution in [2.45, 2.75) is 20.4 Å². The van der Waals surface area contributed by atoms with Crippen LogP contribution in [0.15, 0.2) is 67.1 Å². The molecule has 0 spiro atoms. The van der Waals surface area contributed by atoms with Crippen molar-refractivity contribution >= 4 is 28.0 Å². The molecule has 7 rings (SSSR count). The summed E-state index contributed by atoms with van der Waals surface area (Å²) in [6.45, 7) is 5.15. The van der Waals surface area contributed by atoms with Gasteiger partial charge in [-0.2, -0.15) is 4.57 Å². The lowest BCUT2D eigenvalue weighted by Gasteiger charge is -2.44. The van der Waals surface area contributed by atoms with E-state index < -0.39 is 144 Å². The zero-order valence-electron chi connectivity index (χ0n) is 32.6. The third-order valence-electron chi connectivity index (χ3n) is 10.6. The summed E-state index contributed by atoms with van der Waals surface area (Å²) < 4.78 is 296. The number of rotatable bonds is 7. The Hall–Kier alpha value is -6.94. The molecule has 0 atom stereocenters. The minimum Gasteiger partial charge on any atom is -0.244 e. The quantitative estimate of drug-likeness (QED) is 0.0512. The van der Waals surface area contributed by atoms with E-state index in [0.717, 1.165) is 12.2 Å². The van der Waals surface area contributed by atoms with Gasteiger partial charge in [-0.25, -0.2) is 92.8 Å². The van der Waals surface area contributed by atoms with Crippen molar-refractivity contribution in [2.75, 3.05) is 0 Å². The maximum atomic E-state index is 15.4. The maximum absolute atomic E-state index is 15.4. The van der Waals surface area contributed by atoms with Crippen molar-refractivity contribution in [3.8, 4) is 11.3 Å². The second-order valence-electron chi connectivity index (χ2n) is 14.1. The van der Waals surface area contributed by atoms with Crippen LogP contribution in [-0.4, -0.2) is 11.1 Å². The molecule has 0 aliphatic carbocycles. The fourth-order valence-electron chi connectivity index (χ4n) is 7.37. The highest BCUT2D eigenvalue weighted by molar-refractivity contribution is 7.20. The van der Waals surface area contributed by atoms with E-state index in [4.69, 9.17) is 0 Å². The summed E-state index contributed by atoms with van der Waals surface area (Å²) in [7, 11) is 0. The molecular formula is C43H19BF20N2. The Morgan fingerprint density at radius 3 is 1.05 bits per heavy atom. The van der Waals surface area contributed by atoms with Gasteiger partial charge in [-0.05, 0) is 25.0 Å². The van der Waals surface area contributed by atoms with Gasteiger partial charge < -0.3 is 0 Å². The molecule has 0 aliphatic rings. The second-order valence-corrected chi connectivity index (χ2v) is 14.1. The minimum absolute atomic E-state index is 0.862. The lowest BCUT2D eigenvalue weighted by molar-refractivity contribution is -0.688. The topological polar surface area (TPSA) is 16.8 Å². The van der Waals surface area contributed by atoms with Gasteiger partial charge in [-0.3, -0.25) is 0 Å². The highest BCUT2D eigenvalue weighted by Gasteiger charge is 2.52. The predicted molar refractivity (Wildman–Crippen MR) is 194 cm³/mol. The van der Waals surface area contributed by atoms with Crippen LogP contribution in [0.1, 0.15) is 16.7 Å². The van der Waals surface area contributed by atoms with Crippen molar-refractivity contribution < 1.29 is 92.4 Å². The molecule has 0 saturated heterocycles. The van der Waals surface area contributed by atoms with Crippen LogP contribution in [0.2, 0.25) is 0 Å². The number of hydrogen-bond donors (Lipinski definition) is 0. The molecule has 0 bridgehead atoms. The lowest BCUT2D eigenvalue weighted by Crippen LogP contribution is -2.81. The summed E-state index contributed by atoms with van der Waals surface area (Å²) in [5, 5.41) is 0. The zero-order valence-corrected chi connectivity index (χ0v) is 32.6. The first-order valence-electron chi connectivity index (χ1n) is 18.1. The fourth-order valence-corrected chi connectivity index (χ4v) is 7.37. The molecule has 0 N–H and O–H groups in total. The summed E-state index contributed by atoms with van der Waals surface area (Å²) in [5.74, 6) is -71.4. The average molecular weight is 954 g/mol. The summed E-state index contributed by atoms with van der Waals surface area (Å²) in [6, 6.07) is 16.8. The zero-order chi connectivity index (χ0) is 49.0. The van der Waals surface area contributed by atoms with Crippen LogP contribution in [0.5, 0.6) is 0 Å². The molecule has 66 heavy (non-hydrogen) atoms. The SMILES string of the molecule is Cc1cccc(-c2c[n+](Cc3ccccc3)ccn2)c1C.Fc1c(F)c(F)c([B-](c2c(F)c(F)c(F)c(F)c2F)(c2c(F)c(F)c(F)c(F)c2F)c2c(F)c(F)c(F)c(F)c2F)c(F)c1F. The third-order valence-corrected chi connectivity index (χ3v) is 10.6. The minimum atomic E-state index is -7.22. The summed E-state index contributed by atoms with van der Waals surface area (Å²) >= 11 is 0. The van der Waals surface area contributed by atoms with E-state index >= 15 is 35.1 Å². The van der Waals surface area contributed by atoms with Crippen LogP contribution >= 0.6 is 0 Å². The Morgan fingerprint density at radius 2 is 0.712 bits per heavy atom. The van der Waals surface area contributed by atoms with E-state index in [2.05, 4.69) is 72.1 Å². The van der Waals surface area contributed by atoms with Gasteiger partial charge in [0, 0.05) is 11.1 Å². The number of benzene rings is 6. The Labute approximate surface area is 356 Å². The van der Waals surface area contributed by atoms with Crippen LogP contribution in [-0.2, 0) is 6.54 Å². The first-order valence-corrected chi connectivity index (χ1v) is 18.1. The monoisotopic (exact) mass is 954 g/mol. The Bertz CT molecular complexity index is 2710. The van der Waals surface area contributed by atoms with Crippen LogP contribution in [0.4, 0.5) is 87.8 Å². The normalized spacial score (nSPS) is 11.5. The van der Waals surface area contributed by atoms with Crippen LogP contribution in [0.3, 0.4) is 0 Å².